The number of cyclic esters (lactones) is 1. The van der Waals surface area contributed by atoms with Crippen LogP contribution in [0, 0.1) is 0 Å². The highest BCUT2D eigenvalue weighted by molar-refractivity contribution is 5.98. The number of esters is 2. The minimum absolute atomic E-state index is 0.000655. The molecule has 1 fully saturated rings. The summed E-state index contributed by atoms with van der Waals surface area (Å²) in [5.74, 6) is -1.73. The lowest BCUT2D eigenvalue weighted by molar-refractivity contribution is -0.154. The maximum atomic E-state index is 13.0. The molecule has 1 aliphatic rings. The number of likely N-dealkylation sites (N-methyl/N-ethyl adjacent to an activating group) is 1. The summed E-state index contributed by atoms with van der Waals surface area (Å²) in [4.78, 5) is 42.0. The lowest BCUT2D eigenvalue weighted by atomic mass is 10.2. The highest BCUT2D eigenvalue weighted by Crippen LogP contribution is 2.30. The van der Waals surface area contributed by atoms with Gasteiger partial charge in [-0.15, -0.1) is 0 Å². The average Bonchev–Trinajstić information content (AvgIpc) is 2.70. The first-order valence-corrected chi connectivity index (χ1v) is 8.62. The van der Waals surface area contributed by atoms with Crippen molar-refractivity contribution in [3.8, 4) is 11.5 Å². The molecule has 9 nitrogen and oxygen atoms in total. The van der Waals surface area contributed by atoms with E-state index in [1.54, 1.807) is 6.92 Å². The fraction of sp³-hybridized carbons (Fsp3) is 0.556. The number of hydrogen-bond acceptors (Lipinski definition) is 8. The minimum Gasteiger partial charge on any atom is -0.493 e. The van der Waals surface area contributed by atoms with E-state index in [0.29, 0.717) is 13.0 Å². The van der Waals surface area contributed by atoms with E-state index in [0.717, 1.165) is 6.42 Å². The van der Waals surface area contributed by atoms with Crippen molar-refractivity contribution in [2.24, 2.45) is 0 Å². The highest BCUT2D eigenvalue weighted by atomic mass is 16.6. The number of hydrogen-bond donors (Lipinski definition) is 0. The number of carbonyl (C=O) groups is 3. The largest absolute Gasteiger partial charge is 0.493 e. The molecule has 1 amide bonds. The van der Waals surface area contributed by atoms with Crippen LogP contribution in [0.15, 0.2) is 12.3 Å². The van der Waals surface area contributed by atoms with Crippen LogP contribution < -0.4 is 9.47 Å². The smallest absolute Gasteiger partial charge is 0.331 e. The Bertz CT molecular complexity index is 707. The summed E-state index contributed by atoms with van der Waals surface area (Å²) in [6, 6.07) is 0.518. The maximum Gasteiger partial charge on any atom is 0.331 e. The molecule has 0 aliphatic carbocycles. The molecule has 9 heteroatoms. The molecule has 1 aromatic rings. The number of ether oxygens (including phenoxy) is 4. The molecule has 27 heavy (non-hydrogen) atoms. The van der Waals surface area contributed by atoms with Crippen LogP contribution in [0.4, 0.5) is 0 Å². The molecule has 0 unspecified atom stereocenters. The van der Waals surface area contributed by atoms with Crippen molar-refractivity contribution in [2.45, 2.75) is 38.8 Å². The van der Waals surface area contributed by atoms with E-state index in [9.17, 15) is 14.4 Å². The molecule has 0 aromatic carbocycles. The molecular formula is C18H24N2O7. The van der Waals surface area contributed by atoms with Gasteiger partial charge in [-0.1, -0.05) is 0 Å². The SMILES string of the molecule is COc1ccnc(C(=O)N(C)[C@H]2COCCC[C@H](C)OC2=O)c1OC(C)=O. The monoisotopic (exact) mass is 380 g/mol. The van der Waals surface area contributed by atoms with E-state index in [1.807, 2.05) is 0 Å². The van der Waals surface area contributed by atoms with Crippen LogP contribution in [-0.2, 0) is 19.1 Å². The number of methoxy groups -OCH3 is 1. The zero-order chi connectivity index (χ0) is 20.0. The van der Waals surface area contributed by atoms with Crippen LogP contribution in [0.1, 0.15) is 37.2 Å². The number of pyridine rings is 1. The maximum absolute atomic E-state index is 13.0. The van der Waals surface area contributed by atoms with E-state index >= 15 is 0 Å². The van der Waals surface area contributed by atoms with Gasteiger partial charge in [-0.3, -0.25) is 9.59 Å². The third-order valence-electron chi connectivity index (χ3n) is 4.09. The van der Waals surface area contributed by atoms with Crippen molar-refractivity contribution in [1.29, 1.82) is 0 Å². The molecule has 1 saturated heterocycles. The van der Waals surface area contributed by atoms with Crippen molar-refractivity contribution in [1.82, 2.24) is 9.88 Å². The summed E-state index contributed by atoms with van der Waals surface area (Å²) in [7, 11) is 2.82. The van der Waals surface area contributed by atoms with Crippen molar-refractivity contribution in [3.05, 3.63) is 18.0 Å². The van der Waals surface area contributed by atoms with Gasteiger partial charge in [0.15, 0.2) is 17.5 Å². The van der Waals surface area contributed by atoms with Crippen molar-refractivity contribution >= 4 is 17.8 Å². The predicted octanol–water partition coefficient (Wildman–Crippen LogP) is 1.20. The summed E-state index contributed by atoms with van der Waals surface area (Å²) in [5.41, 5.74) is -0.146. The lowest BCUT2D eigenvalue weighted by Gasteiger charge is -2.27. The van der Waals surface area contributed by atoms with Gasteiger partial charge in [0.05, 0.1) is 19.8 Å². The molecule has 0 saturated carbocycles. The Morgan fingerprint density at radius 3 is 2.78 bits per heavy atom. The van der Waals surface area contributed by atoms with E-state index in [1.165, 1.54) is 38.2 Å². The summed E-state index contributed by atoms with van der Waals surface area (Å²) in [6.45, 7) is 3.47. The van der Waals surface area contributed by atoms with Crippen LogP contribution in [0.2, 0.25) is 0 Å². The zero-order valence-electron chi connectivity index (χ0n) is 15.9. The number of rotatable bonds is 4. The molecule has 0 N–H and O–H groups in total. The third-order valence-corrected chi connectivity index (χ3v) is 4.09. The summed E-state index contributed by atoms with van der Waals surface area (Å²) >= 11 is 0. The first-order valence-electron chi connectivity index (χ1n) is 8.62. The van der Waals surface area contributed by atoms with Gasteiger partial charge >= 0.3 is 11.9 Å². The first-order chi connectivity index (χ1) is 12.8. The van der Waals surface area contributed by atoms with Gasteiger partial charge in [0.1, 0.15) is 0 Å². The quantitative estimate of drug-likeness (QED) is 0.718. The number of nitrogens with zero attached hydrogens (tertiary/aromatic N) is 2. The molecular weight excluding hydrogens is 356 g/mol. The van der Waals surface area contributed by atoms with E-state index in [4.69, 9.17) is 18.9 Å². The summed E-state index contributed by atoms with van der Waals surface area (Å²) < 4.78 is 21.2. The Morgan fingerprint density at radius 1 is 1.37 bits per heavy atom. The number of amides is 1. The van der Waals surface area contributed by atoms with E-state index < -0.39 is 23.9 Å². The second-order valence-electron chi connectivity index (χ2n) is 6.18. The molecule has 0 radical (unpaired) electrons. The van der Waals surface area contributed by atoms with Crippen molar-refractivity contribution < 1.29 is 33.3 Å². The fourth-order valence-corrected chi connectivity index (χ4v) is 2.64. The number of aromatic nitrogens is 1. The van der Waals surface area contributed by atoms with Crippen LogP contribution in [0.25, 0.3) is 0 Å². The molecule has 2 rings (SSSR count). The van der Waals surface area contributed by atoms with Gasteiger partial charge in [0.2, 0.25) is 5.75 Å². The Hall–Kier alpha value is -2.68. The topological polar surface area (TPSA) is 104 Å². The molecule has 148 valence electrons. The van der Waals surface area contributed by atoms with Gasteiger partial charge in [0.25, 0.3) is 5.91 Å². The summed E-state index contributed by atoms with van der Waals surface area (Å²) in [5, 5.41) is 0. The van der Waals surface area contributed by atoms with Gasteiger partial charge in [-0.05, 0) is 19.8 Å². The van der Waals surface area contributed by atoms with Crippen molar-refractivity contribution in [3.63, 3.8) is 0 Å². The molecule has 1 aromatic heterocycles. The van der Waals surface area contributed by atoms with E-state index in [2.05, 4.69) is 4.98 Å². The van der Waals surface area contributed by atoms with Crippen molar-refractivity contribution in [2.75, 3.05) is 27.4 Å². The highest BCUT2D eigenvalue weighted by Gasteiger charge is 2.33. The van der Waals surface area contributed by atoms with Gasteiger partial charge < -0.3 is 23.8 Å². The van der Waals surface area contributed by atoms with E-state index in [-0.39, 0.29) is 29.9 Å². The van der Waals surface area contributed by atoms with Gasteiger partial charge in [-0.25, -0.2) is 9.78 Å². The zero-order valence-corrected chi connectivity index (χ0v) is 15.9. The van der Waals surface area contributed by atoms with Gasteiger partial charge in [-0.2, -0.15) is 0 Å². The molecule has 0 spiro atoms. The second-order valence-corrected chi connectivity index (χ2v) is 6.18. The number of carbonyl (C=O) groups excluding carboxylic acids is 3. The van der Waals surface area contributed by atoms with Gasteiger partial charge in [0, 0.05) is 32.8 Å². The lowest BCUT2D eigenvalue weighted by Crippen LogP contribution is -2.47. The Morgan fingerprint density at radius 2 is 2.11 bits per heavy atom. The standard InChI is InChI=1S/C18H24N2O7/c1-11-6-5-9-25-10-13(18(23)26-11)20(3)17(22)15-16(27-12(2)21)14(24-4)7-8-19-15/h7-8,11,13H,5-6,9-10H2,1-4H3/t11-,13-/m0/s1. The average molecular weight is 380 g/mol. The Balaban J connectivity index is 2.32. The third kappa shape index (κ3) is 5.16. The molecule has 0 bridgehead atoms. The second kappa shape index (κ2) is 9.31. The Labute approximate surface area is 157 Å². The van der Waals surface area contributed by atoms with Crippen LogP contribution in [0.5, 0.6) is 11.5 Å². The summed E-state index contributed by atoms with van der Waals surface area (Å²) in [6.07, 6.45) is 2.53. The molecule has 1 aliphatic heterocycles. The first kappa shape index (κ1) is 20.6. The fourth-order valence-electron chi connectivity index (χ4n) is 2.64. The normalized spacial score (nSPS) is 20.5. The molecule has 2 heterocycles. The Kier molecular flexibility index (Phi) is 7.12. The van der Waals surface area contributed by atoms with Crippen LogP contribution in [0.3, 0.4) is 0 Å². The molecule has 2 atom stereocenters. The minimum atomic E-state index is -0.948. The predicted molar refractivity (Wildman–Crippen MR) is 93.6 cm³/mol. The van der Waals surface area contributed by atoms with Crippen LogP contribution >= 0.6 is 0 Å². The van der Waals surface area contributed by atoms with Crippen LogP contribution in [-0.4, -0.2) is 67.2 Å².